The van der Waals surface area contributed by atoms with Gasteiger partial charge in [0.15, 0.2) is 16.3 Å². The van der Waals surface area contributed by atoms with Crippen molar-refractivity contribution < 1.29 is 18.2 Å². The van der Waals surface area contributed by atoms with Crippen molar-refractivity contribution in [3.63, 3.8) is 0 Å². The summed E-state index contributed by atoms with van der Waals surface area (Å²) in [7, 11) is 1.28. The molecule has 74 valence electrons. The molecule has 5 heteroatoms. The number of ether oxygens (including phenoxy) is 1. The van der Waals surface area contributed by atoms with Crippen LogP contribution in [0.25, 0.3) is 0 Å². The van der Waals surface area contributed by atoms with Crippen molar-refractivity contribution in [2.75, 3.05) is 7.11 Å². The van der Waals surface area contributed by atoms with Gasteiger partial charge in [0.2, 0.25) is 0 Å². The Balaban J connectivity index is 3.01. The molecular weight excluding hydrogens is 252 g/mol. The first-order chi connectivity index (χ1) is 6.69. The molecule has 0 heterocycles. The van der Waals surface area contributed by atoms with Crippen molar-refractivity contribution in [1.82, 2.24) is 0 Å². The average Bonchev–Trinajstić information content (AvgIpc) is 2.27. The highest BCUT2D eigenvalue weighted by molar-refractivity contribution is 9.06. The Kier molecular flexibility index (Phi) is 3.64. The second-order valence-electron chi connectivity index (χ2n) is 2.44. The summed E-state index contributed by atoms with van der Waals surface area (Å²) < 4.78 is 8.83. The van der Waals surface area contributed by atoms with Crippen molar-refractivity contribution in [3.05, 3.63) is 35.4 Å². The standard InChI is InChI=1S/C9H7BrO4/c1-13-8(11)6-3-2-4-7(5-6)9(12)14-10/h2-5H,1H3. The molecule has 0 spiro atoms. The molecule has 0 amide bonds. The molecule has 1 aromatic carbocycles. The molecule has 0 aliphatic rings. The molecule has 0 aromatic heterocycles. The van der Waals surface area contributed by atoms with Crippen LogP contribution in [-0.4, -0.2) is 19.0 Å². The number of halogens is 1. The van der Waals surface area contributed by atoms with Gasteiger partial charge in [-0.2, -0.15) is 0 Å². The zero-order valence-corrected chi connectivity index (χ0v) is 8.91. The van der Waals surface area contributed by atoms with Gasteiger partial charge in [-0.15, -0.1) is 0 Å². The summed E-state index contributed by atoms with van der Waals surface area (Å²) >= 11 is 2.56. The second-order valence-corrected chi connectivity index (χ2v) is 2.76. The summed E-state index contributed by atoms with van der Waals surface area (Å²) in [5, 5.41) is 0. The van der Waals surface area contributed by atoms with Gasteiger partial charge in [-0.25, -0.2) is 9.59 Å². The summed E-state index contributed by atoms with van der Waals surface area (Å²) in [6.07, 6.45) is 0. The second kappa shape index (κ2) is 4.76. The van der Waals surface area contributed by atoms with Crippen molar-refractivity contribution in [2.24, 2.45) is 0 Å². The molecule has 0 aliphatic heterocycles. The van der Waals surface area contributed by atoms with Gasteiger partial charge in [0, 0.05) is 0 Å². The third-order valence-electron chi connectivity index (χ3n) is 1.59. The summed E-state index contributed by atoms with van der Waals surface area (Å²) in [5.41, 5.74) is 0.590. The number of carbonyl (C=O) groups excluding carboxylic acids is 2. The fourth-order valence-corrected chi connectivity index (χ4v) is 1.12. The molecule has 0 fully saturated rings. The molecule has 0 saturated carbocycles. The summed E-state index contributed by atoms with van der Waals surface area (Å²) in [6, 6.07) is 6.06. The van der Waals surface area contributed by atoms with E-state index in [0.29, 0.717) is 5.56 Å². The van der Waals surface area contributed by atoms with Crippen LogP contribution in [0.1, 0.15) is 20.7 Å². The Hall–Kier alpha value is -1.36. The highest BCUT2D eigenvalue weighted by Gasteiger charge is 2.10. The van der Waals surface area contributed by atoms with E-state index < -0.39 is 11.9 Å². The molecule has 0 saturated heterocycles. The highest BCUT2D eigenvalue weighted by atomic mass is 79.9. The van der Waals surface area contributed by atoms with E-state index in [1.807, 2.05) is 0 Å². The van der Waals surface area contributed by atoms with E-state index >= 15 is 0 Å². The Bertz CT molecular complexity index is 330. The molecule has 4 nitrogen and oxygen atoms in total. The largest absolute Gasteiger partial charge is 0.465 e. The quantitative estimate of drug-likeness (QED) is 0.761. The van der Waals surface area contributed by atoms with E-state index in [2.05, 4.69) is 24.8 Å². The lowest BCUT2D eigenvalue weighted by Gasteiger charge is -2.00. The molecule has 0 N–H and O–H groups in total. The number of hydrogen-bond donors (Lipinski definition) is 0. The number of benzene rings is 1. The van der Waals surface area contributed by atoms with Crippen LogP contribution in [0.15, 0.2) is 24.3 Å². The third-order valence-corrected chi connectivity index (χ3v) is 1.88. The van der Waals surface area contributed by atoms with E-state index in [4.69, 9.17) is 0 Å². The van der Waals surface area contributed by atoms with Gasteiger partial charge in [0.1, 0.15) is 0 Å². The van der Waals surface area contributed by atoms with Crippen LogP contribution in [0, 0.1) is 0 Å². The fourth-order valence-electron chi connectivity index (χ4n) is 0.936. The first-order valence-electron chi connectivity index (χ1n) is 3.70. The van der Waals surface area contributed by atoms with Gasteiger partial charge in [0.25, 0.3) is 0 Å². The first kappa shape index (κ1) is 10.7. The van der Waals surface area contributed by atoms with Gasteiger partial charge in [-0.05, 0) is 18.2 Å². The Morgan fingerprint density at radius 1 is 1.21 bits per heavy atom. The predicted octanol–water partition coefficient (Wildman–Crippen LogP) is 1.94. The normalized spacial score (nSPS) is 9.29. The Labute approximate surface area is 89.3 Å². The predicted molar refractivity (Wildman–Crippen MR) is 52.1 cm³/mol. The molecular formula is C9H7BrO4. The molecule has 0 radical (unpaired) electrons. The Morgan fingerprint density at radius 3 is 2.29 bits per heavy atom. The SMILES string of the molecule is COC(=O)c1cccc(C(=O)OBr)c1. The lowest BCUT2D eigenvalue weighted by atomic mass is 10.1. The van der Waals surface area contributed by atoms with E-state index in [9.17, 15) is 9.59 Å². The van der Waals surface area contributed by atoms with Crippen LogP contribution < -0.4 is 0 Å². The molecule has 0 bridgehead atoms. The molecule has 0 unspecified atom stereocenters. The number of rotatable bonds is 2. The number of carbonyl (C=O) groups is 2. The molecule has 1 rings (SSSR count). The van der Waals surface area contributed by atoms with E-state index in [-0.39, 0.29) is 5.56 Å². The first-order valence-corrected chi connectivity index (χ1v) is 4.35. The van der Waals surface area contributed by atoms with Crippen LogP contribution in [-0.2, 0) is 8.57 Å². The minimum absolute atomic E-state index is 0.282. The van der Waals surface area contributed by atoms with Crippen LogP contribution in [0.4, 0.5) is 0 Å². The van der Waals surface area contributed by atoms with Crippen LogP contribution in [0.5, 0.6) is 0 Å². The maximum Gasteiger partial charge on any atom is 0.349 e. The van der Waals surface area contributed by atoms with Crippen molar-refractivity contribution in [2.45, 2.75) is 0 Å². The van der Waals surface area contributed by atoms with Crippen LogP contribution in [0.2, 0.25) is 0 Å². The topological polar surface area (TPSA) is 52.6 Å². The van der Waals surface area contributed by atoms with Crippen LogP contribution >= 0.6 is 16.3 Å². The van der Waals surface area contributed by atoms with E-state index in [1.165, 1.54) is 19.2 Å². The maximum absolute atomic E-state index is 11.1. The summed E-state index contributed by atoms with van der Waals surface area (Å²) in [4.78, 5) is 22.1. The average molecular weight is 259 g/mol. The summed E-state index contributed by atoms with van der Waals surface area (Å²) in [6.45, 7) is 0. The smallest absolute Gasteiger partial charge is 0.349 e. The fraction of sp³-hybridized carbons (Fsp3) is 0.111. The van der Waals surface area contributed by atoms with Gasteiger partial charge >= 0.3 is 11.9 Å². The number of methoxy groups -OCH3 is 1. The van der Waals surface area contributed by atoms with Gasteiger partial charge in [-0.1, -0.05) is 6.07 Å². The van der Waals surface area contributed by atoms with Gasteiger partial charge in [0.05, 0.1) is 18.2 Å². The molecule has 1 aromatic rings. The molecule has 0 aliphatic carbocycles. The molecule has 0 atom stereocenters. The van der Waals surface area contributed by atoms with Crippen molar-refractivity contribution in [1.29, 1.82) is 0 Å². The van der Waals surface area contributed by atoms with Crippen LogP contribution in [0.3, 0.4) is 0 Å². The number of hydrogen-bond acceptors (Lipinski definition) is 4. The Morgan fingerprint density at radius 2 is 1.79 bits per heavy atom. The zero-order valence-electron chi connectivity index (χ0n) is 7.32. The number of esters is 1. The molecule has 14 heavy (non-hydrogen) atoms. The minimum Gasteiger partial charge on any atom is -0.465 e. The highest BCUT2D eigenvalue weighted by Crippen LogP contribution is 2.09. The third kappa shape index (κ3) is 2.32. The van der Waals surface area contributed by atoms with Crippen molar-refractivity contribution in [3.8, 4) is 0 Å². The van der Waals surface area contributed by atoms with Gasteiger partial charge < -0.3 is 8.57 Å². The summed E-state index contributed by atoms with van der Waals surface area (Å²) in [5.74, 6) is -1.05. The lowest BCUT2D eigenvalue weighted by molar-refractivity contribution is 0.0600. The van der Waals surface area contributed by atoms with E-state index in [0.717, 1.165) is 0 Å². The van der Waals surface area contributed by atoms with Crippen molar-refractivity contribution >= 4 is 28.2 Å². The van der Waals surface area contributed by atoms with E-state index in [1.54, 1.807) is 12.1 Å². The maximum atomic E-state index is 11.1. The monoisotopic (exact) mass is 258 g/mol. The minimum atomic E-state index is -0.559. The van der Waals surface area contributed by atoms with Gasteiger partial charge in [-0.3, -0.25) is 0 Å². The zero-order chi connectivity index (χ0) is 10.6. The lowest BCUT2D eigenvalue weighted by Crippen LogP contribution is -2.04.